The van der Waals surface area contributed by atoms with Gasteiger partial charge in [0.25, 0.3) is 0 Å². The fourth-order valence-electron chi connectivity index (χ4n) is 1.50. The highest BCUT2D eigenvalue weighted by molar-refractivity contribution is 5.83. The summed E-state index contributed by atoms with van der Waals surface area (Å²) in [6.07, 6.45) is -2.02. The first-order valence-corrected chi connectivity index (χ1v) is 5.63. The molecular formula is C13H10O8. The number of hydrogen-bond donors (Lipinski definition) is 0. The third kappa shape index (κ3) is 3.30. The maximum atomic E-state index is 11.2. The zero-order valence-electron chi connectivity index (χ0n) is 11.1. The minimum absolute atomic E-state index is 0.0893. The molecule has 2 aromatic rings. The van der Waals surface area contributed by atoms with E-state index in [4.69, 9.17) is 13.9 Å². The molecule has 8 nitrogen and oxygen atoms in total. The molecule has 1 aromatic carbocycles. The van der Waals surface area contributed by atoms with Crippen LogP contribution in [0.4, 0.5) is 9.59 Å². The van der Waals surface area contributed by atoms with Gasteiger partial charge in [-0.2, -0.15) is 0 Å². The second kappa shape index (κ2) is 5.95. The Morgan fingerprint density at radius 2 is 1.52 bits per heavy atom. The fraction of sp³-hybridized carbons (Fsp3) is 0.154. The summed E-state index contributed by atoms with van der Waals surface area (Å²) in [6.45, 7) is 0. The van der Waals surface area contributed by atoms with Crippen LogP contribution in [-0.2, 0) is 9.47 Å². The van der Waals surface area contributed by atoms with E-state index in [2.05, 4.69) is 9.47 Å². The summed E-state index contributed by atoms with van der Waals surface area (Å²) < 4.78 is 23.4. The Hall–Kier alpha value is -3.03. The summed E-state index contributed by atoms with van der Waals surface area (Å²) in [6, 6.07) is 5.25. The molecule has 2 rings (SSSR count). The molecule has 0 aliphatic rings. The molecule has 1 heterocycles. The largest absolute Gasteiger partial charge is 0.513 e. The maximum Gasteiger partial charge on any atom is 0.513 e. The number of benzene rings is 1. The SMILES string of the molecule is COC(=O)Oc1cc2ccc(=O)oc2cc1OC(=O)OC. The zero-order chi connectivity index (χ0) is 15.4. The van der Waals surface area contributed by atoms with Crippen LogP contribution in [0, 0.1) is 0 Å². The summed E-state index contributed by atoms with van der Waals surface area (Å²) in [4.78, 5) is 33.6. The van der Waals surface area contributed by atoms with Crippen molar-refractivity contribution < 1.29 is 33.0 Å². The van der Waals surface area contributed by atoms with E-state index in [0.717, 1.165) is 14.2 Å². The normalized spacial score (nSPS) is 10.0. The van der Waals surface area contributed by atoms with Crippen LogP contribution in [0.2, 0.25) is 0 Å². The Kier molecular flexibility index (Phi) is 4.07. The summed E-state index contributed by atoms with van der Waals surface area (Å²) in [5.74, 6) is -0.248. The third-order valence-corrected chi connectivity index (χ3v) is 2.41. The minimum Gasteiger partial charge on any atom is -0.437 e. The summed E-state index contributed by atoms with van der Waals surface area (Å²) >= 11 is 0. The van der Waals surface area contributed by atoms with Gasteiger partial charge in [-0.15, -0.1) is 0 Å². The molecule has 0 unspecified atom stereocenters. The molecule has 0 atom stereocenters. The smallest absolute Gasteiger partial charge is 0.437 e. The van der Waals surface area contributed by atoms with Gasteiger partial charge in [0.2, 0.25) is 0 Å². The summed E-state index contributed by atoms with van der Waals surface area (Å²) in [5, 5.41) is 0.464. The molecule has 21 heavy (non-hydrogen) atoms. The number of carbonyl (C=O) groups is 2. The van der Waals surface area contributed by atoms with Gasteiger partial charge >= 0.3 is 17.9 Å². The van der Waals surface area contributed by atoms with Crippen LogP contribution < -0.4 is 15.1 Å². The Morgan fingerprint density at radius 1 is 0.952 bits per heavy atom. The van der Waals surface area contributed by atoms with Gasteiger partial charge in [0.15, 0.2) is 11.5 Å². The van der Waals surface area contributed by atoms with Crippen molar-refractivity contribution >= 4 is 23.3 Å². The lowest BCUT2D eigenvalue weighted by molar-refractivity contribution is 0.111. The topological polar surface area (TPSA) is 101 Å². The van der Waals surface area contributed by atoms with Gasteiger partial charge in [-0.1, -0.05) is 0 Å². The van der Waals surface area contributed by atoms with Crippen molar-refractivity contribution in [1.29, 1.82) is 0 Å². The van der Waals surface area contributed by atoms with E-state index >= 15 is 0 Å². The number of methoxy groups -OCH3 is 2. The van der Waals surface area contributed by atoms with Gasteiger partial charge in [-0.3, -0.25) is 0 Å². The van der Waals surface area contributed by atoms with E-state index in [1.54, 1.807) is 0 Å². The lowest BCUT2D eigenvalue weighted by atomic mass is 10.2. The molecule has 1 aromatic heterocycles. The first kappa shape index (κ1) is 14.4. The average Bonchev–Trinajstić information content (AvgIpc) is 2.47. The second-order valence-corrected chi connectivity index (χ2v) is 3.70. The lowest BCUT2D eigenvalue weighted by Gasteiger charge is -2.09. The number of ether oxygens (including phenoxy) is 4. The van der Waals surface area contributed by atoms with Crippen LogP contribution in [0.3, 0.4) is 0 Å². The van der Waals surface area contributed by atoms with Gasteiger partial charge in [-0.05, 0) is 12.1 Å². The molecule has 0 saturated carbocycles. The number of hydrogen-bond acceptors (Lipinski definition) is 8. The van der Waals surface area contributed by atoms with Crippen LogP contribution in [0.5, 0.6) is 11.5 Å². The zero-order valence-corrected chi connectivity index (χ0v) is 11.1. The highest BCUT2D eigenvalue weighted by Gasteiger charge is 2.16. The molecule has 0 N–H and O–H groups in total. The van der Waals surface area contributed by atoms with Gasteiger partial charge in [0.05, 0.1) is 14.2 Å². The molecule has 0 aliphatic heterocycles. The van der Waals surface area contributed by atoms with Crippen molar-refractivity contribution in [2.45, 2.75) is 0 Å². The number of fused-ring (bicyclic) bond motifs is 1. The molecule has 0 aliphatic carbocycles. The standard InChI is InChI=1S/C13H10O8/c1-17-12(15)20-9-5-7-3-4-11(14)19-8(7)6-10(9)21-13(16)18-2/h3-6H,1-2H3. The molecule has 0 fully saturated rings. The highest BCUT2D eigenvalue weighted by atomic mass is 16.7. The predicted molar refractivity (Wildman–Crippen MR) is 68.6 cm³/mol. The third-order valence-electron chi connectivity index (χ3n) is 2.41. The van der Waals surface area contributed by atoms with Gasteiger partial charge in [0.1, 0.15) is 5.58 Å². The monoisotopic (exact) mass is 294 g/mol. The molecule has 0 bridgehead atoms. The average molecular weight is 294 g/mol. The van der Waals surface area contributed by atoms with Crippen molar-refractivity contribution in [1.82, 2.24) is 0 Å². The fourth-order valence-corrected chi connectivity index (χ4v) is 1.50. The van der Waals surface area contributed by atoms with Crippen molar-refractivity contribution in [3.63, 3.8) is 0 Å². The van der Waals surface area contributed by atoms with E-state index < -0.39 is 17.9 Å². The van der Waals surface area contributed by atoms with Crippen LogP contribution in [0.1, 0.15) is 0 Å². The van der Waals surface area contributed by atoms with Gasteiger partial charge < -0.3 is 23.4 Å². The Balaban J connectivity index is 2.53. The van der Waals surface area contributed by atoms with E-state index in [9.17, 15) is 14.4 Å². The van der Waals surface area contributed by atoms with Crippen molar-refractivity contribution in [2.24, 2.45) is 0 Å². The quantitative estimate of drug-likeness (QED) is 0.471. The molecule has 8 heteroatoms. The predicted octanol–water partition coefficient (Wildman–Crippen LogP) is 2.08. The summed E-state index contributed by atoms with van der Waals surface area (Å²) in [5.41, 5.74) is -0.424. The van der Waals surface area contributed by atoms with E-state index in [1.807, 2.05) is 0 Å². The molecular weight excluding hydrogens is 284 g/mol. The first-order chi connectivity index (χ1) is 10.0. The number of rotatable bonds is 2. The van der Waals surface area contributed by atoms with Crippen molar-refractivity contribution in [2.75, 3.05) is 14.2 Å². The molecule has 0 spiro atoms. The Bertz CT molecular complexity index is 745. The van der Waals surface area contributed by atoms with E-state index in [-0.39, 0.29) is 17.1 Å². The van der Waals surface area contributed by atoms with E-state index in [0.29, 0.717) is 5.39 Å². The Morgan fingerprint density at radius 3 is 2.10 bits per heavy atom. The number of carbonyl (C=O) groups excluding carboxylic acids is 2. The van der Waals surface area contributed by atoms with Crippen molar-refractivity contribution in [3.05, 3.63) is 34.7 Å². The first-order valence-electron chi connectivity index (χ1n) is 5.63. The van der Waals surface area contributed by atoms with Crippen LogP contribution in [0.15, 0.2) is 33.5 Å². The Labute approximate surface area is 117 Å². The van der Waals surface area contributed by atoms with Crippen LogP contribution in [0.25, 0.3) is 11.0 Å². The van der Waals surface area contributed by atoms with Gasteiger partial charge in [0, 0.05) is 17.5 Å². The van der Waals surface area contributed by atoms with E-state index in [1.165, 1.54) is 24.3 Å². The van der Waals surface area contributed by atoms with Gasteiger partial charge in [-0.25, -0.2) is 14.4 Å². The molecule has 0 radical (unpaired) electrons. The molecule has 110 valence electrons. The molecule has 0 saturated heterocycles. The van der Waals surface area contributed by atoms with Crippen LogP contribution >= 0.6 is 0 Å². The minimum atomic E-state index is -1.03. The maximum absolute atomic E-state index is 11.2. The highest BCUT2D eigenvalue weighted by Crippen LogP contribution is 2.32. The van der Waals surface area contributed by atoms with Crippen LogP contribution in [-0.4, -0.2) is 26.5 Å². The molecule has 0 amide bonds. The lowest BCUT2D eigenvalue weighted by Crippen LogP contribution is -2.12. The summed E-state index contributed by atoms with van der Waals surface area (Å²) in [7, 11) is 2.24. The van der Waals surface area contributed by atoms with Crippen molar-refractivity contribution in [3.8, 4) is 11.5 Å². The second-order valence-electron chi connectivity index (χ2n) is 3.70.